The lowest BCUT2D eigenvalue weighted by Crippen LogP contribution is -2.50. The second-order valence-corrected chi connectivity index (χ2v) is 8.75. The molecule has 4 aliphatic carbocycles. The van der Waals surface area contributed by atoms with Crippen LogP contribution in [0.1, 0.15) is 51.3 Å². The molecule has 4 bridgehead atoms. The van der Waals surface area contributed by atoms with Gasteiger partial charge < -0.3 is 4.57 Å². The number of fused-ring (bicyclic) bond motifs is 1. The first kappa shape index (κ1) is 14.7. The minimum atomic E-state index is 0.422. The van der Waals surface area contributed by atoms with E-state index in [2.05, 4.69) is 36.7 Å². The fourth-order valence-electron chi connectivity index (χ4n) is 6.31. The highest BCUT2D eigenvalue weighted by Gasteiger charge is 2.53. The monoisotopic (exact) mass is 321 g/mol. The van der Waals surface area contributed by atoms with E-state index in [4.69, 9.17) is 9.98 Å². The first-order chi connectivity index (χ1) is 11.6. The van der Waals surface area contributed by atoms with Crippen molar-refractivity contribution in [1.82, 2.24) is 9.55 Å². The first-order valence-corrected chi connectivity index (χ1v) is 9.57. The number of rotatable bonds is 3. The molecule has 4 saturated carbocycles. The first-order valence-electron chi connectivity index (χ1n) is 9.57. The van der Waals surface area contributed by atoms with Crippen LogP contribution in [0.15, 0.2) is 29.3 Å². The Morgan fingerprint density at radius 1 is 1.12 bits per heavy atom. The van der Waals surface area contributed by atoms with Crippen molar-refractivity contribution < 1.29 is 0 Å². The number of imidazole rings is 1. The molecule has 24 heavy (non-hydrogen) atoms. The fraction of sp³-hybridized carbons (Fsp3) is 0.619. The van der Waals surface area contributed by atoms with Gasteiger partial charge in [-0.25, -0.2) is 4.98 Å². The standard InChI is InChI=1S/C21H27N3/c1-14(21-10-15-7-16(11-21)9-17(8-15)12-21)22-13-20-23-18-5-3-4-6-19(18)24(20)2/h3-6,13-17H,7-12H2,1-2H3/t14-,15?,16?,17?,21?/m1/s1. The average molecular weight is 321 g/mol. The SMILES string of the molecule is C[C@@H](N=Cc1nc2ccccc2n1C)C12CC3CC(CC(C3)C1)C2. The fourth-order valence-corrected chi connectivity index (χ4v) is 6.31. The van der Waals surface area contributed by atoms with Crippen LogP contribution in [0.4, 0.5) is 0 Å². The lowest BCUT2D eigenvalue weighted by atomic mass is 9.48. The van der Waals surface area contributed by atoms with Gasteiger partial charge in [0.05, 0.1) is 23.3 Å². The molecule has 1 aromatic carbocycles. The highest BCUT2D eigenvalue weighted by Crippen LogP contribution is 2.61. The molecule has 0 spiro atoms. The number of aliphatic imine (C=N–C) groups is 1. The van der Waals surface area contributed by atoms with Gasteiger partial charge in [0.2, 0.25) is 0 Å². The van der Waals surface area contributed by atoms with Gasteiger partial charge in [0.15, 0.2) is 5.82 Å². The van der Waals surface area contributed by atoms with E-state index >= 15 is 0 Å². The van der Waals surface area contributed by atoms with E-state index in [1.54, 1.807) is 0 Å². The second kappa shape index (κ2) is 5.18. The molecule has 0 aliphatic heterocycles. The largest absolute Gasteiger partial charge is 0.326 e. The van der Waals surface area contributed by atoms with Gasteiger partial charge >= 0.3 is 0 Å². The van der Waals surface area contributed by atoms with E-state index < -0.39 is 0 Å². The van der Waals surface area contributed by atoms with Crippen LogP contribution in [0.5, 0.6) is 0 Å². The molecule has 2 aromatic rings. The molecular weight excluding hydrogens is 294 g/mol. The summed E-state index contributed by atoms with van der Waals surface area (Å²) in [5.74, 6) is 3.95. The molecule has 3 nitrogen and oxygen atoms in total. The summed E-state index contributed by atoms with van der Waals surface area (Å²) in [7, 11) is 2.09. The van der Waals surface area contributed by atoms with Gasteiger partial charge in [-0.1, -0.05) is 12.1 Å². The maximum atomic E-state index is 5.03. The number of para-hydroxylation sites is 2. The van der Waals surface area contributed by atoms with Gasteiger partial charge in [0.1, 0.15) is 0 Å². The summed E-state index contributed by atoms with van der Waals surface area (Å²) in [5.41, 5.74) is 2.72. The highest BCUT2D eigenvalue weighted by atomic mass is 15.1. The van der Waals surface area contributed by atoms with Crippen LogP contribution in [-0.2, 0) is 7.05 Å². The smallest absolute Gasteiger partial charge is 0.151 e. The van der Waals surface area contributed by atoms with Crippen molar-refractivity contribution in [3.05, 3.63) is 30.1 Å². The van der Waals surface area contributed by atoms with E-state index in [1.807, 2.05) is 12.3 Å². The van der Waals surface area contributed by atoms with Crippen LogP contribution in [-0.4, -0.2) is 21.8 Å². The highest BCUT2D eigenvalue weighted by molar-refractivity contribution is 5.84. The molecule has 0 N–H and O–H groups in total. The molecule has 1 atom stereocenters. The lowest BCUT2D eigenvalue weighted by molar-refractivity contribution is -0.0632. The Hall–Kier alpha value is -1.64. The van der Waals surface area contributed by atoms with Gasteiger partial charge in [0.25, 0.3) is 0 Å². The van der Waals surface area contributed by atoms with Gasteiger partial charge in [-0.3, -0.25) is 4.99 Å². The zero-order valence-corrected chi connectivity index (χ0v) is 14.8. The molecule has 1 aromatic heterocycles. The van der Waals surface area contributed by atoms with Crippen LogP contribution in [0, 0.1) is 23.2 Å². The van der Waals surface area contributed by atoms with E-state index in [-0.39, 0.29) is 0 Å². The van der Waals surface area contributed by atoms with E-state index in [1.165, 1.54) is 44.0 Å². The summed E-state index contributed by atoms with van der Waals surface area (Å²) in [6, 6.07) is 8.75. The van der Waals surface area contributed by atoms with Crippen molar-refractivity contribution in [2.24, 2.45) is 35.2 Å². The van der Waals surface area contributed by atoms with Crippen molar-refractivity contribution in [3.8, 4) is 0 Å². The molecule has 4 aliphatic rings. The minimum Gasteiger partial charge on any atom is -0.326 e. The van der Waals surface area contributed by atoms with Crippen LogP contribution in [0.25, 0.3) is 11.0 Å². The van der Waals surface area contributed by atoms with Crippen molar-refractivity contribution in [3.63, 3.8) is 0 Å². The summed E-state index contributed by atoms with van der Waals surface area (Å²) in [5, 5.41) is 0. The Labute approximate surface area is 144 Å². The Balaban J connectivity index is 1.42. The minimum absolute atomic E-state index is 0.422. The Kier molecular flexibility index (Phi) is 3.17. The van der Waals surface area contributed by atoms with Crippen LogP contribution in [0.2, 0.25) is 0 Å². The zero-order valence-electron chi connectivity index (χ0n) is 14.8. The summed E-state index contributed by atoms with van der Waals surface area (Å²) in [6.07, 6.45) is 10.8. The van der Waals surface area contributed by atoms with Crippen LogP contribution < -0.4 is 0 Å². The number of hydrogen-bond donors (Lipinski definition) is 0. The number of nitrogens with zero attached hydrogens (tertiary/aromatic N) is 3. The maximum Gasteiger partial charge on any atom is 0.151 e. The Morgan fingerprint density at radius 3 is 2.38 bits per heavy atom. The maximum absolute atomic E-state index is 5.03. The molecule has 3 heteroatoms. The quantitative estimate of drug-likeness (QED) is 0.760. The summed E-state index contributed by atoms with van der Waals surface area (Å²) < 4.78 is 2.16. The van der Waals surface area contributed by atoms with E-state index in [0.29, 0.717) is 11.5 Å². The van der Waals surface area contributed by atoms with Crippen molar-refractivity contribution in [1.29, 1.82) is 0 Å². The number of benzene rings is 1. The van der Waals surface area contributed by atoms with Gasteiger partial charge in [0, 0.05) is 7.05 Å². The summed E-state index contributed by atoms with van der Waals surface area (Å²) in [4.78, 5) is 9.78. The van der Waals surface area contributed by atoms with Crippen molar-refractivity contribution in [2.75, 3.05) is 0 Å². The molecule has 6 rings (SSSR count). The summed E-state index contributed by atoms with van der Waals surface area (Å²) in [6.45, 7) is 2.35. The van der Waals surface area contributed by atoms with Gasteiger partial charge in [-0.15, -0.1) is 0 Å². The molecule has 0 radical (unpaired) electrons. The number of aromatic nitrogens is 2. The predicted octanol–water partition coefficient (Wildman–Crippen LogP) is 4.60. The topological polar surface area (TPSA) is 30.2 Å². The average Bonchev–Trinajstić information content (AvgIpc) is 2.88. The van der Waals surface area contributed by atoms with Crippen molar-refractivity contribution >= 4 is 17.2 Å². The van der Waals surface area contributed by atoms with Crippen molar-refractivity contribution in [2.45, 2.75) is 51.5 Å². The van der Waals surface area contributed by atoms with Gasteiger partial charge in [-0.05, 0) is 80.8 Å². The molecule has 126 valence electrons. The zero-order chi connectivity index (χ0) is 16.3. The summed E-state index contributed by atoms with van der Waals surface area (Å²) >= 11 is 0. The van der Waals surface area contributed by atoms with E-state index in [0.717, 1.165) is 29.1 Å². The van der Waals surface area contributed by atoms with Gasteiger partial charge in [-0.2, -0.15) is 0 Å². The number of aryl methyl sites for hydroxylation is 1. The molecule has 0 saturated heterocycles. The Morgan fingerprint density at radius 2 is 1.75 bits per heavy atom. The van der Waals surface area contributed by atoms with Crippen LogP contribution in [0.3, 0.4) is 0 Å². The third-order valence-corrected chi connectivity index (χ3v) is 7.21. The predicted molar refractivity (Wildman–Crippen MR) is 98.4 cm³/mol. The molecule has 0 amide bonds. The lowest BCUT2D eigenvalue weighted by Gasteiger charge is -2.58. The molecular formula is C21H27N3. The Bertz CT molecular complexity index is 765. The third-order valence-electron chi connectivity index (χ3n) is 7.21. The number of hydrogen-bond acceptors (Lipinski definition) is 2. The molecule has 1 heterocycles. The normalized spacial score (nSPS) is 36.0. The van der Waals surface area contributed by atoms with Crippen LogP contribution >= 0.6 is 0 Å². The molecule has 0 unspecified atom stereocenters. The third kappa shape index (κ3) is 2.17. The second-order valence-electron chi connectivity index (χ2n) is 8.75. The van der Waals surface area contributed by atoms with E-state index in [9.17, 15) is 0 Å². The molecule has 4 fully saturated rings.